The molecule has 6 nitrogen and oxygen atoms in total. The fraction of sp³-hybridized carbons (Fsp3) is 0.261. The smallest absolute Gasteiger partial charge is 0.252 e. The van der Waals surface area contributed by atoms with Gasteiger partial charge in [0, 0.05) is 35.2 Å². The highest BCUT2D eigenvalue weighted by molar-refractivity contribution is 6.40. The lowest BCUT2D eigenvalue weighted by Gasteiger charge is -2.38. The number of anilines is 1. The summed E-state index contributed by atoms with van der Waals surface area (Å²) in [5, 5.41) is 2.69. The Bertz CT molecular complexity index is 1260. The predicted octanol–water partition coefficient (Wildman–Crippen LogP) is 5.67. The molecule has 1 unspecified atom stereocenters. The van der Waals surface area contributed by atoms with Crippen molar-refractivity contribution in [2.75, 3.05) is 4.90 Å². The maximum atomic E-state index is 14.2. The van der Waals surface area contributed by atoms with E-state index >= 15 is 0 Å². The molecule has 1 aliphatic rings. The lowest BCUT2D eigenvalue weighted by atomic mass is 9.87. The number of aromatic nitrogens is 2. The number of nitrogens with zero attached hydrogens (tertiary/aromatic N) is 3. The average Bonchev–Trinajstić information content (AvgIpc) is 3.08. The molecule has 0 bridgehead atoms. The Labute approximate surface area is 213 Å². The maximum Gasteiger partial charge on any atom is 0.252 e. The van der Waals surface area contributed by atoms with Crippen molar-refractivity contribution in [3.05, 3.63) is 81.6 Å². The minimum atomic E-state index is -2.87. The molecule has 0 aliphatic heterocycles. The molecule has 1 fully saturated rings. The summed E-state index contributed by atoms with van der Waals surface area (Å²) in [4.78, 5) is 32.0. The molecule has 1 atom stereocenters. The largest absolute Gasteiger partial charge is 0.351 e. The molecule has 1 N–H and O–H groups in total. The first-order chi connectivity index (χ1) is 16.6. The summed E-state index contributed by atoms with van der Waals surface area (Å²) in [7, 11) is 0. The van der Waals surface area contributed by atoms with Gasteiger partial charge in [-0.05, 0) is 24.3 Å². The van der Waals surface area contributed by atoms with Crippen LogP contribution in [0.3, 0.4) is 0 Å². The summed E-state index contributed by atoms with van der Waals surface area (Å²) in [6.07, 6.45) is 0.198. The molecule has 1 heterocycles. The number of carbonyl (C=O) groups is 2. The first-order valence-corrected chi connectivity index (χ1v) is 11.6. The number of nitrogens with one attached hydrogen (secondary N) is 1. The molecule has 184 valence electrons. The Hall–Kier alpha value is -2.75. The number of rotatable bonds is 7. The van der Waals surface area contributed by atoms with Crippen LogP contribution in [0.5, 0.6) is 0 Å². The third kappa shape index (κ3) is 5.58. The first kappa shape index (κ1) is 25.3. The van der Waals surface area contributed by atoms with E-state index in [4.69, 9.17) is 34.8 Å². The zero-order valence-electron chi connectivity index (χ0n) is 17.9. The van der Waals surface area contributed by atoms with E-state index in [-0.39, 0.29) is 26.6 Å². The highest BCUT2D eigenvalue weighted by atomic mass is 35.5. The third-order valence-electron chi connectivity index (χ3n) is 5.54. The second kappa shape index (κ2) is 10.1. The molecule has 12 heteroatoms. The van der Waals surface area contributed by atoms with Crippen LogP contribution >= 0.6 is 34.8 Å². The van der Waals surface area contributed by atoms with Crippen molar-refractivity contribution in [2.45, 2.75) is 37.4 Å². The van der Waals surface area contributed by atoms with Gasteiger partial charge in [-0.15, -0.1) is 0 Å². The molecule has 1 aromatic heterocycles. The molecule has 35 heavy (non-hydrogen) atoms. The fourth-order valence-corrected chi connectivity index (χ4v) is 4.42. The van der Waals surface area contributed by atoms with Gasteiger partial charge < -0.3 is 9.88 Å². The van der Waals surface area contributed by atoms with Gasteiger partial charge >= 0.3 is 0 Å². The van der Waals surface area contributed by atoms with E-state index in [1.54, 1.807) is 12.1 Å². The van der Waals surface area contributed by atoms with Gasteiger partial charge in [-0.2, -0.15) is 0 Å². The monoisotopic (exact) mass is 544 g/mol. The number of carbonyl (C=O) groups excluding carboxylic acids is 2. The summed E-state index contributed by atoms with van der Waals surface area (Å²) in [6.45, 7) is -0.398. The van der Waals surface area contributed by atoms with Gasteiger partial charge in [0.15, 0.2) is 5.15 Å². The summed E-state index contributed by atoms with van der Waals surface area (Å²) in [6, 6.07) is 9.19. The van der Waals surface area contributed by atoms with Crippen LogP contribution in [-0.2, 0) is 16.1 Å². The van der Waals surface area contributed by atoms with Crippen LogP contribution in [0.4, 0.5) is 18.9 Å². The second-order valence-electron chi connectivity index (χ2n) is 8.09. The van der Waals surface area contributed by atoms with Crippen LogP contribution in [0.2, 0.25) is 15.3 Å². The lowest BCUT2D eigenvalue weighted by molar-refractivity contribution is -0.132. The fourth-order valence-electron chi connectivity index (χ4n) is 3.88. The topological polar surface area (TPSA) is 67.2 Å². The molecule has 0 spiro atoms. The summed E-state index contributed by atoms with van der Waals surface area (Å²) in [5.41, 5.74) is 0.279. The minimum Gasteiger partial charge on any atom is -0.351 e. The van der Waals surface area contributed by atoms with Crippen molar-refractivity contribution >= 4 is 52.3 Å². The van der Waals surface area contributed by atoms with Gasteiger partial charge in [0.05, 0.1) is 6.33 Å². The maximum absolute atomic E-state index is 14.2. The lowest BCUT2D eigenvalue weighted by Crippen LogP contribution is -2.54. The Morgan fingerprint density at radius 2 is 1.86 bits per heavy atom. The van der Waals surface area contributed by atoms with E-state index in [0.29, 0.717) is 0 Å². The molecule has 2 aromatic carbocycles. The SMILES string of the molecule is O=C(NC1CC(F)(F)C1)C(c1ccccc1Cl)N(C(=O)Cn1cnc(Cl)c1Cl)c1cccc(F)c1. The molecule has 1 aliphatic carbocycles. The van der Waals surface area contributed by atoms with Crippen molar-refractivity contribution in [1.29, 1.82) is 0 Å². The van der Waals surface area contributed by atoms with Crippen molar-refractivity contribution in [2.24, 2.45) is 0 Å². The Morgan fingerprint density at radius 3 is 2.46 bits per heavy atom. The quantitative estimate of drug-likeness (QED) is 0.416. The number of halogens is 6. The average molecular weight is 546 g/mol. The number of hydrogen-bond acceptors (Lipinski definition) is 3. The molecule has 4 rings (SSSR count). The van der Waals surface area contributed by atoms with Gasteiger partial charge in [-0.25, -0.2) is 18.2 Å². The molecule has 0 saturated heterocycles. The molecule has 3 aromatic rings. The summed E-state index contributed by atoms with van der Waals surface area (Å²) >= 11 is 18.4. The Kier molecular flexibility index (Phi) is 7.30. The highest BCUT2D eigenvalue weighted by Crippen LogP contribution is 2.39. The van der Waals surface area contributed by atoms with Gasteiger partial charge in [-0.3, -0.25) is 14.5 Å². The molecule has 1 saturated carbocycles. The molecule has 2 amide bonds. The zero-order valence-corrected chi connectivity index (χ0v) is 20.2. The van der Waals surface area contributed by atoms with E-state index < -0.39 is 55.0 Å². The number of alkyl halides is 2. The van der Waals surface area contributed by atoms with Gasteiger partial charge in [-0.1, -0.05) is 59.1 Å². The standard InChI is InChI=1S/C23H18Cl3F3N4O2/c24-17-7-2-1-6-16(17)19(22(35)31-14-9-23(28,29)10-14)33(15-5-3-4-13(27)8-15)18(34)11-32-12-30-20(25)21(32)26/h1-8,12,14,19H,9-11H2,(H,31,35). The highest BCUT2D eigenvalue weighted by Gasteiger charge is 2.47. The predicted molar refractivity (Wildman–Crippen MR) is 126 cm³/mol. The van der Waals surface area contributed by atoms with Crippen LogP contribution in [0.1, 0.15) is 24.4 Å². The normalized spacial score (nSPS) is 15.8. The minimum absolute atomic E-state index is 0.00495. The number of benzene rings is 2. The third-order valence-corrected chi connectivity index (χ3v) is 6.65. The van der Waals surface area contributed by atoms with E-state index in [0.717, 1.165) is 11.0 Å². The Morgan fingerprint density at radius 1 is 1.14 bits per heavy atom. The van der Waals surface area contributed by atoms with Crippen molar-refractivity contribution in [1.82, 2.24) is 14.9 Å². The first-order valence-electron chi connectivity index (χ1n) is 10.4. The van der Waals surface area contributed by atoms with Crippen LogP contribution in [0, 0.1) is 5.82 Å². The van der Waals surface area contributed by atoms with Gasteiger partial charge in [0.1, 0.15) is 23.6 Å². The van der Waals surface area contributed by atoms with Crippen molar-refractivity contribution < 1.29 is 22.8 Å². The van der Waals surface area contributed by atoms with E-state index in [2.05, 4.69) is 10.3 Å². The van der Waals surface area contributed by atoms with Crippen LogP contribution in [0.15, 0.2) is 54.9 Å². The van der Waals surface area contributed by atoms with Crippen molar-refractivity contribution in [3.8, 4) is 0 Å². The zero-order chi connectivity index (χ0) is 25.3. The van der Waals surface area contributed by atoms with E-state index in [1.807, 2.05) is 0 Å². The number of imidazole rings is 1. The van der Waals surface area contributed by atoms with Crippen molar-refractivity contribution in [3.63, 3.8) is 0 Å². The van der Waals surface area contributed by atoms with E-state index in [9.17, 15) is 22.8 Å². The van der Waals surface area contributed by atoms with Crippen LogP contribution in [0.25, 0.3) is 0 Å². The van der Waals surface area contributed by atoms with Gasteiger partial charge in [0.25, 0.3) is 5.92 Å². The Balaban J connectivity index is 1.77. The van der Waals surface area contributed by atoms with Crippen LogP contribution in [-0.4, -0.2) is 33.3 Å². The number of hydrogen-bond donors (Lipinski definition) is 1. The molecule has 0 radical (unpaired) electrons. The molecular formula is C23H18Cl3F3N4O2. The second-order valence-corrected chi connectivity index (χ2v) is 9.21. The number of amides is 2. The van der Waals surface area contributed by atoms with E-state index in [1.165, 1.54) is 41.2 Å². The summed E-state index contributed by atoms with van der Waals surface area (Å²) in [5.74, 6) is -4.94. The van der Waals surface area contributed by atoms with Crippen LogP contribution < -0.4 is 10.2 Å². The van der Waals surface area contributed by atoms with Gasteiger partial charge in [0.2, 0.25) is 11.8 Å². The molecular weight excluding hydrogens is 528 g/mol. The summed E-state index contributed by atoms with van der Waals surface area (Å²) < 4.78 is 42.2.